The maximum Gasteiger partial charge on any atom is 0.309 e. The fraction of sp³-hybridized carbons (Fsp3) is 0.667. The van der Waals surface area contributed by atoms with Crippen molar-refractivity contribution in [3.8, 4) is 0 Å². The molecular weight excluding hydrogens is 224 g/mol. The van der Waals surface area contributed by atoms with Crippen LogP contribution in [0.3, 0.4) is 0 Å². The quantitative estimate of drug-likeness (QED) is 0.580. The summed E-state index contributed by atoms with van der Waals surface area (Å²) in [5, 5.41) is 19.8. The Morgan fingerprint density at radius 3 is 2.65 bits per heavy atom. The van der Waals surface area contributed by atoms with Gasteiger partial charge in [-0.2, -0.15) is 0 Å². The van der Waals surface area contributed by atoms with Gasteiger partial charge < -0.3 is 14.9 Å². The standard InChI is InChI=1S/C12H16O5/c1-6-3-4-12(17-11(6)16)8(13)5-7(2)9(14)10(12)15/h5-6,9-10,14-15H,3-4H2,1-2H3. The lowest BCUT2D eigenvalue weighted by Gasteiger charge is -2.43. The van der Waals surface area contributed by atoms with Crippen LogP contribution in [0.1, 0.15) is 26.7 Å². The van der Waals surface area contributed by atoms with E-state index >= 15 is 0 Å². The van der Waals surface area contributed by atoms with Gasteiger partial charge in [0.25, 0.3) is 0 Å². The van der Waals surface area contributed by atoms with Crippen molar-refractivity contribution in [2.75, 3.05) is 0 Å². The molecule has 0 aromatic carbocycles. The van der Waals surface area contributed by atoms with E-state index in [1.807, 2.05) is 0 Å². The number of esters is 1. The van der Waals surface area contributed by atoms with Crippen LogP contribution in [-0.4, -0.2) is 39.8 Å². The zero-order valence-corrected chi connectivity index (χ0v) is 9.84. The number of rotatable bonds is 0. The van der Waals surface area contributed by atoms with Crippen LogP contribution in [0.15, 0.2) is 11.6 Å². The summed E-state index contributed by atoms with van der Waals surface area (Å²) in [5.74, 6) is -1.21. The third-order valence-corrected chi connectivity index (χ3v) is 3.65. The summed E-state index contributed by atoms with van der Waals surface area (Å²) in [5.41, 5.74) is -1.19. The number of aliphatic hydroxyl groups is 2. The van der Waals surface area contributed by atoms with Gasteiger partial charge in [0.15, 0.2) is 0 Å². The topological polar surface area (TPSA) is 83.8 Å². The lowest BCUT2D eigenvalue weighted by molar-refractivity contribution is -0.200. The van der Waals surface area contributed by atoms with Crippen molar-refractivity contribution in [1.29, 1.82) is 0 Å². The summed E-state index contributed by atoms with van der Waals surface area (Å²) in [6.45, 7) is 3.28. The van der Waals surface area contributed by atoms with E-state index < -0.39 is 29.6 Å². The van der Waals surface area contributed by atoms with Gasteiger partial charge in [0, 0.05) is 0 Å². The van der Waals surface area contributed by atoms with Crippen LogP contribution >= 0.6 is 0 Å². The second-order valence-electron chi connectivity index (χ2n) is 4.89. The molecule has 5 heteroatoms. The molecule has 0 radical (unpaired) electrons. The first-order valence-electron chi connectivity index (χ1n) is 5.70. The second-order valence-corrected chi connectivity index (χ2v) is 4.89. The molecule has 0 aromatic heterocycles. The third-order valence-electron chi connectivity index (χ3n) is 3.65. The van der Waals surface area contributed by atoms with Gasteiger partial charge in [0.05, 0.1) is 5.92 Å². The van der Waals surface area contributed by atoms with E-state index in [0.29, 0.717) is 12.0 Å². The van der Waals surface area contributed by atoms with Crippen LogP contribution in [0.2, 0.25) is 0 Å². The van der Waals surface area contributed by atoms with E-state index in [9.17, 15) is 19.8 Å². The summed E-state index contributed by atoms with van der Waals surface area (Å²) in [4.78, 5) is 23.5. The van der Waals surface area contributed by atoms with Crippen LogP contribution in [-0.2, 0) is 14.3 Å². The van der Waals surface area contributed by atoms with Crippen molar-refractivity contribution in [2.45, 2.75) is 44.5 Å². The summed E-state index contributed by atoms with van der Waals surface area (Å²) in [7, 11) is 0. The molecular formula is C12H16O5. The van der Waals surface area contributed by atoms with Crippen molar-refractivity contribution in [2.24, 2.45) is 5.92 Å². The Hall–Kier alpha value is -1.20. The highest BCUT2D eigenvalue weighted by molar-refractivity contribution is 6.01. The number of carbonyl (C=O) groups excluding carboxylic acids is 2. The van der Waals surface area contributed by atoms with E-state index in [1.54, 1.807) is 13.8 Å². The molecule has 0 saturated carbocycles. The van der Waals surface area contributed by atoms with Crippen LogP contribution in [0.4, 0.5) is 0 Å². The second kappa shape index (κ2) is 3.92. The van der Waals surface area contributed by atoms with E-state index in [0.717, 1.165) is 0 Å². The van der Waals surface area contributed by atoms with Gasteiger partial charge >= 0.3 is 5.97 Å². The molecule has 1 aliphatic heterocycles. The minimum atomic E-state index is -1.58. The molecule has 2 aliphatic rings. The largest absolute Gasteiger partial charge is 0.448 e. The smallest absolute Gasteiger partial charge is 0.309 e. The predicted molar refractivity (Wildman–Crippen MR) is 58.0 cm³/mol. The van der Waals surface area contributed by atoms with Crippen LogP contribution in [0.5, 0.6) is 0 Å². The Morgan fingerprint density at radius 1 is 1.41 bits per heavy atom. The van der Waals surface area contributed by atoms with E-state index in [-0.39, 0.29) is 12.3 Å². The summed E-state index contributed by atoms with van der Waals surface area (Å²) < 4.78 is 5.13. The average molecular weight is 240 g/mol. The third kappa shape index (κ3) is 1.70. The molecule has 4 unspecified atom stereocenters. The van der Waals surface area contributed by atoms with Gasteiger partial charge in [0.2, 0.25) is 11.4 Å². The molecule has 4 atom stereocenters. The first-order valence-corrected chi connectivity index (χ1v) is 5.70. The van der Waals surface area contributed by atoms with Crippen LogP contribution in [0.25, 0.3) is 0 Å². The van der Waals surface area contributed by atoms with E-state index in [2.05, 4.69) is 0 Å². The number of ketones is 1. The van der Waals surface area contributed by atoms with E-state index in [4.69, 9.17) is 4.74 Å². The van der Waals surface area contributed by atoms with Gasteiger partial charge in [-0.15, -0.1) is 0 Å². The fourth-order valence-corrected chi connectivity index (χ4v) is 2.33. The Labute approximate surface area is 99.1 Å². The zero-order chi connectivity index (χ0) is 12.8. The summed E-state index contributed by atoms with van der Waals surface area (Å²) in [6.07, 6.45) is -0.562. The molecule has 1 aliphatic carbocycles. The summed E-state index contributed by atoms with van der Waals surface area (Å²) >= 11 is 0. The molecule has 2 rings (SSSR count). The highest BCUT2D eigenvalue weighted by Gasteiger charge is 2.55. The van der Waals surface area contributed by atoms with Crippen molar-refractivity contribution in [3.05, 3.63) is 11.6 Å². The van der Waals surface area contributed by atoms with E-state index in [1.165, 1.54) is 6.08 Å². The Bertz CT molecular complexity index is 400. The molecule has 1 saturated heterocycles. The number of hydrogen-bond acceptors (Lipinski definition) is 5. The number of carbonyl (C=O) groups is 2. The molecule has 5 nitrogen and oxygen atoms in total. The van der Waals surface area contributed by atoms with Gasteiger partial charge in [-0.3, -0.25) is 9.59 Å². The van der Waals surface area contributed by atoms with Crippen molar-refractivity contribution < 1.29 is 24.5 Å². The molecule has 1 spiro atoms. The first-order chi connectivity index (χ1) is 7.88. The maximum atomic E-state index is 12.0. The number of aliphatic hydroxyl groups excluding tert-OH is 2. The lowest BCUT2D eigenvalue weighted by Crippen LogP contribution is -2.61. The first kappa shape index (κ1) is 12.3. The predicted octanol–water partition coefficient (Wildman–Crippen LogP) is -0.0509. The molecule has 1 heterocycles. The minimum absolute atomic E-state index is 0.251. The van der Waals surface area contributed by atoms with Gasteiger partial charge in [-0.1, -0.05) is 6.92 Å². The highest BCUT2D eigenvalue weighted by atomic mass is 16.6. The van der Waals surface area contributed by atoms with Crippen molar-refractivity contribution >= 4 is 11.8 Å². The highest BCUT2D eigenvalue weighted by Crippen LogP contribution is 2.38. The molecule has 1 fully saturated rings. The molecule has 17 heavy (non-hydrogen) atoms. The van der Waals surface area contributed by atoms with Gasteiger partial charge in [-0.05, 0) is 31.4 Å². The Morgan fingerprint density at radius 2 is 2.06 bits per heavy atom. The van der Waals surface area contributed by atoms with Gasteiger partial charge in [0.1, 0.15) is 12.2 Å². The average Bonchev–Trinajstić information content (AvgIpc) is 2.29. The molecule has 2 N–H and O–H groups in total. The molecule has 0 aromatic rings. The maximum absolute atomic E-state index is 12.0. The fourth-order valence-electron chi connectivity index (χ4n) is 2.33. The van der Waals surface area contributed by atoms with Crippen molar-refractivity contribution in [3.63, 3.8) is 0 Å². The minimum Gasteiger partial charge on any atom is -0.448 e. The summed E-state index contributed by atoms with van der Waals surface area (Å²) in [6, 6.07) is 0. The van der Waals surface area contributed by atoms with Gasteiger partial charge in [-0.25, -0.2) is 0 Å². The zero-order valence-electron chi connectivity index (χ0n) is 9.84. The molecule has 0 bridgehead atoms. The number of hydrogen-bond donors (Lipinski definition) is 2. The molecule has 94 valence electrons. The Balaban J connectivity index is 2.37. The van der Waals surface area contributed by atoms with Crippen LogP contribution < -0.4 is 0 Å². The monoisotopic (exact) mass is 240 g/mol. The van der Waals surface area contributed by atoms with Crippen LogP contribution in [0, 0.1) is 5.92 Å². The Kier molecular flexibility index (Phi) is 2.83. The SMILES string of the molecule is CC1=CC(=O)C2(CCC(C)C(=O)O2)C(O)C1O. The lowest BCUT2D eigenvalue weighted by atomic mass is 9.74. The molecule has 0 amide bonds. The number of ether oxygens (including phenoxy) is 1. The van der Waals surface area contributed by atoms with Crippen molar-refractivity contribution in [1.82, 2.24) is 0 Å². The normalized spacial score (nSPS) is 42.4.